The van der Waals surface area contributed by atoms with Crippen LogP contribution in [0.3, 0.4) is 0 Å². The number of hydrogen-bond acceptors (Lipinski definition) is 6. The lowest BCUT2D eigenvalue weighted by atomic mass is 9.66. The monoisotopic (exact) mass is 371 g/mol. The minimum atomic E-state index is -1.17. The van der Waals surface area contributed by atoms with Crippen LogP contribution in [0.15, 0.2) is 23.8 Å². The molecule has 2 aliphatic heterocycles. The molecule has 0 bridgehead atoms. The van der Waals surface area contributed by atoms with E-state index >= 15 is 0 Å². The first-order chi connectivity index (χ1) is 13.0. The number of allylic oxidation sites excluding steroid dienone is 1. The molecular formula is C20H21NO6. The van der Waals surface area contributed by atoms with Crippen molar-refractivity contribution in [2.75, 3.05) is 27.9 Å². The van der Waals surface area contributed by atoms with E-state index < -0.39 is 17.4 Å². The van der Waals surface area contributed by atoms with Gasteiger partial charge in [0, 0.05) is 18.5 Å². The van der Waals surface area contributed by atoms with Gasteiger partial charge in [-0.1, -0.05) is 0 Å². The van der Waals surface area contributed by atoms with Gasteiger partial charge in [0.25, 0.3) is 5.91 Å². The summed E-state index contributed by atoms with van der Waals surface area (Å²) in [6.07, 6.45) is 2.43. The largest absolute Gasteiger partial charge is 0.493 e. The molecule has 1 saturated heterocycles. The molecule has 0 saturated carbocycles. The molecule has 0 spiro atoms. The van der Waals surface area contributed by atoms with Crippen LogP contribution >= 0.6 is 0 Å². The second-order valence-electron chi connectivity index (χ2n) is 7.04. The lowest BCUT2D eigenvalue weighted by Gasteiger charge is -2.40. The molecule has 7 heteroatoms. The first-order valence-corrected chi connectivity index (χ1v) is 8.87. The summed E-state index contributed by atoms with van der Waals surface area (Å²) in [5, 5.41) is 0. The van der Waals surface area contributed by atoms with Gasteiger partial charge in [-0.3, -0.25) is 14.4 Å². The average molecular weight is 371 g/mol. The van der Waals surface area contributed by atoms with Crippen LogP contribution in [-0.2, 0) is 25.5 Å². The summed E-state index contributed by atoms with van der Waals surface area (Å²) >= 11 is 0. The molecule has 1 aliphatic carbocycles. The Morgan fingerprint density at radius 2 is 1.81 bits per heavy atom. The zero-order valence-corrected chi connectivity index (χ0v) is 15.5. The number of ether oxygens (including phenoxy) is 3. The predicted molar refractivity (Wildman–Crippen MR) is 94.5 cm³/mol. The number of methoxy groups -OCH3 is 3. The van der Waals surface area contributed by atoms with E-state index in [1.54, 1.807) is 19.1 Å². The Hall–Kier alpha value is -2.83. The Labute approximate surface area is 156 Å². The van der Waals surface area contributed by atoms with Crippen molar-refractivity contribution < 1.29 is 28.6 Å². The molecule has 3 aliphatic rings. The summed E-state index contributed by atoms with van der Waals surface area (Å²) < 4.78 is 16.0. The van der Waals surface area contributed by atoms with E-state index in [0.717, 1.165) is 11.1 Å². The maximum absolute atomic E-state index is 13.1. The molecule has 0 N–H and O–H groups in total. The third-order valence-electron chi connectivity index (χ3n) is 5.93. The highest BCUT2D eigenvalue weighted by Gasteiger charge is 2.63. The third-order valence-corrected chi connectivity index (χ3v) is 5.93. The summed E-state index contributed by atoms with van der Waals surface area (Å²) in [6.45, 7) is 0.469. The fourth-order valence-electron chi connectivity index (χ4n) is 4.71. The number of carbonyl (C=O) groups excluding carboxylic acids is 3. The Balaban J connectivity index is 1.97. The summed E-state index contributed by atoms with van der Waals surface area (Å²) in [5.41, 5.74) is 0.922. The van der Waals surface area contributed by atoms with E-state index in [1.165, 1.54) is 13.2 Å². The number of ketones is 1. The fourth-order valence-corrected chi connectivity index (χ4v) is 4.71. The summed E-state index contributed by atoms with van der Waals surface area (Å²) in [7, 11) is 4.43. The van der Waals surface area contributed by atoms with E-state index in [1.807, 2.05) is 12.1 Å². The second-order valence-corrected chi connectivity index (χ2v) is 7.04. The minimum absolute atomic E-state index is 0.134. The maximum Gasteiger partial charge on any atom is 0.318 e. The maximum atomic E-state index is 13.1. The van der Waals surface area contributed by atoms with Gasteiger partial charge < -0.3 is 19.1 Å². The van der Waals surface area contributed by atoms with Gasteiger partial charge in [-0.2, -0.15) is 0 Å². The third kappa shape index (κ3) is 2.23. The second kappa shape index (κ2) is 6.11. The van der Waals surface area contributed by atoms with Crippen LogP contribution in [0.2, 0.25) is 0 Å². The predicted octanol–water partition coefficient (Wildman–Crippen LogP) is 1.59. The average Bonchev–Trinajstić information content (AvgIpc) is 2.95. The standard InChI is InChI=1S/C20H21NO6/c1-25-15-8-11-5-7-21-17(13(11)10-16(15)26-2)20(19(24)27-3)6-4-12(22)9-14(20)18(21)23/h8-10,17H,4-7H2,1-3H3/t17-,20+/m1/s1. The zero-order valence-electron chi connectivity index (χ0n) is 15.5. The van der Waals surface area contributed by atoms with Crippen molar-refractivity contribution in [3.05, 3.63) is 34.9 Å². The minimum Gasteiger partial charge on any atom is -0.493 e. The van der Waals surface area contributed by atoms with Gasteiger partial charge in [-0.25, -0.2) is 0 Å². The van der Waals surface area contributed by atoms with Crippen molar-refractivity contribution in [1.82, 2.24) is 4.90 Å². The van der Waals surface area contributed by atoms with Gasteiger partial charge in [0.15, 0.2) is 17.3 Å². The highest BCUT2D eigenvalue weighted by atomic mass is 16.5. The van der Waals surface area contributed by atoms with Crippen molar-refractivity contribution >= 4 is 17.7 Å². The molecule has 1 amide bonds. The van der Waals surface area contributed by atoms with Crippen LogP contribution in [0.4, 0.5) is 0 Å². The number of benzene rings is 1. The molecular weight excluding hydrogens is 350 g/mol. The van der Waals surface area contributed by atoms with Gasteiger partial charge in [0.2, 0.25) is 0 Å². The van der Waals surface area contributed by atoms with Crippen molar-refractivity contribution in [2.45, 2.75) is 25.3 Å². The van der Waals surface area contributed by atoms with Crippen molar-refractivity contribution in [2.24, 2.45) is 5.41 Å². The van der Waals surface area contributed by atoms with E-state index in [9.17, 15) is 14.4 Å². The lowest BCUT2D eigenvalue weighted by Crippen LogP contribution is -2.44. The van der Waals surface area contributed by atoms with Gasteiger partial charge in [-0.15, -0.1) is 0 Å². The topological polar surface area (TPSA) is 82.1 Å². The van der Waals surface area contributed by atoms with Gasteiger partial charge in [-0.05, 0) is 42.2 Å². The molecule has 4 rings (SSSR count). The highest BCUT2D eigenvalue weighted by Crippen LogP contribution is 2.58. The van der Waals surface area contributed by atoms with Crippen LogP contribution in [0, 0.1) is 5.41 Å². The zero-order chi connectivity index (χ0) is 19.3. The van der Waals surface area contributed by atoms with Crippen LogP contribution in [0.1, 0.15) is 30.0 Å². The Kier molecular flexibility index (Phi) is 3.98. The molecule has 0 radical (unpaired) electrons. The SMILES string of the molecule is COC(=O)[C@@]12CCC(=O)C=C1C(=O)N1CCc3cc(OC)c(OC)cc3[C@@H]12. The van der Waals surface area contributed by atoms with Crippen molar-refractivity contribution in [3.63, 3.8) is 0 Å². The molecule has 7 nitrogen and oxygen atoms in total. The summed E-state index contributed by atoms with van der Waals surface area (Å²) in [6, 6.07) is 3.22. The number of rotatable bonds is 3. The van der Waals surface area contributed by atoms with Crippen LogP contribution < -0.4 is 9.47 Å². The quantitative estimate of drug-likeness (QED) is 0.751. The van der Waals surface area contributed by atoms with Gasteiger partial charge >= 0.3 is 5.97 Å². The van der Waals surface area contributed by atoms with Crippen molar-refractivity contribution in [3.8, 4) is 11.5 Å². The number of amides is 1. The Morgan fingerprint density at radius 1 is 1.11 bits per heavy atom. The van der Waals surface area contributed by atoms with E-state index in [2.05, 4.69) is 0 Å². The number of hydrogen-bond donors (Lipinski definition) is 0. The number of esters is 1. The van der Waals surface area contributed by atoms with E-state index in [-0.39, 0.29) is 30.1 Å². The molecule has 2 heterocycles. The Morgan fingerprint density at radius 3 is 2.48 bits per heavy atom. The molecule has 1 aromatic carbocycles. The number of nitrogens with zero attached hydrogens (tertiary/aromatic N) is 1. The highest BCUT2D eigenvalue weighted by molar-refractivity contribution is 6.11. The summed E-state index contributed by atoms with van der Waals surface area (Å²) in [5.74, 6) is 0.263. The fraction of sp³-hybridized carbons (Fsp3) is 0.450. The first-order valence-electron chi connectivity index (χ1n) is 8.87. The molecule has 27 heavy (non-hydrogen) atoms. The van der Waals surface area contributed by atoms with Crippen LogP contribution in [-0.4, -0.2) is 50.4 Å². The van der Waals surface area contributed by atoms with Crippen LogP contribution in [0.5, 0.6) is 11.5 Å². The van der Waals surface area contributed by atoms with Gasteiger partial charge in [0.1, 0.15) is 5.41 Å². The number of carbonyl (C=O) groups is 3. The molecule has 0 unspecified atom stereocenters. The smallest absolute Gasteiger partial charge is 0.318 e. The molecule has 1 fully saturated rings. The lowest BCUT2D eigenvalue weighted by molar-refractivity contribution is -0.153. The molecule has 0 aromatic heterocycles. The van der Waals surface area contributed by atoms with Crippen molar-refractivity contribution in [1.29, 1.82) is 0 Å². The van der Waals surface area contributed by atoms with E-state index in [0.29, 0.717) is 24.5 Å². The van der Waals surface area contributed by atoms with Gasteiger partial charge in [0.05, 0.1) is 27.4 Å². The molecule has 2 atom stereocenters. The normalized spacial score (nSPS) is 26.0. The first kappa shape index (κ1) is 17.6. The Bertz CT molecular complexity index is 889. The van der Waals surface area contributed by atoms with Crippen LogP contribution in [0.25, 0.3) is 0 Å². The molecule has 1 aromatic rings. The number of fused-ring (bicyclic) bond motifs is 5. The summed E-state index contributed by atoms with van der Waals surface area (Å²) in [4.78, 5) is 39.7. The van der Waals surface area contributed by atoms with E-state index in [4.69, 9.17) is 14.2 Å². The molecule has 142 valence electrons.